The van der Waals surface area contributed by atoms with E-state index in [1.807, 2.05) is 6.92 Å². The van der Waals surface area contributed by atoms with Gasteiger partial charge in [-0.2, -0.15) is 4.31 Å². The standard InChI is InChI=1S/C26H25ClN2O6S/c1-18-7-13-21(14-8-18)36(32,33)28(15-19-9-11-20(27)12-10-19)17-25(30)29-16-24(26(31)34-2)35-23-6-4-3-5-22(23)29/h3-14,24H,15-17H2,1-2H3/t24-/m0/s1. The summed E-state index contributed by atoms with van der Waals surface area (Å²) in [5.74, 6) is -0.810. The fourth-order valence-electron chi connectivity index (χ4n) is 3.84. The number of carbonyl (C=O) groups excluding carboxylic acids is 2. The Kier molecular flexibility index (Phi) is 7.63. The van der Waals surface area contributed by atoms with Gasteiger partial charge in [-0.05, 0) is 48.9 Å². The number of benzene rings is 3. The molecule has 0 saturated heterocycles. The zero-order valence-electron chi connectivity index (χ0n) is 19.8. The monoisotopic (exact) mass is 528 g/mol. The van der Waals surface area contributed by atoms with E-state index < -0.39 is 34.5 Å². The van der Waals surface area contributed by atoms with E-state index in [4.69, 9.17) is 21.1 Å². The van der Waals surface area contributed by atoms with Gasteiger partial charge in [0.25, 0.3) is 0 Å². The van der Waals surface area contributed by atoms with Crippen molar-refractivity contribution >= 4 is 39.2 Å². The molecule has 36 heavy (non-hydrogen) atoms. The maximum absolute atomic E-state index is 13.6. The van der Waals surface area contributed by atoms with E-state index in [2.05, 4.69) is 0 Å². The minimum absolute atomic E-state index is 0.0501. The second kappa shape index (κ2) is 10.7. The van der Waals surface area contributed by atoms with Crippen molar-refractivity contribution in [2.45, 2.75) is 24.5 Å². The predicted molar refractivity (Wildman–Crippen MR) is 135 cm³/mol. The van der Waals surface area contributed by atoms with Crippen molar-refractivity contribution in [3.8, 4) is 5.75 Å². The lowest BCUT2D eigenvalue weighted by molar-refractivity contribution is -0.148. The van der Waals surface area contributed by atoms with Gasteiger partial charge in [-0.15, -0.1) is 0 Å². The van der Waals surface area contributed by atoms with Crippen LogP contribution in [0, 0.1) is 6.92 Å². The van der Waals surface area contributed by atoms with Crippen LogP contribution in [0.15, 0.2) is 77.7 Å². The molecular weight excluding hydrogens is 504 g/mol. The summed E-state index contributed by atoms with van der Waals surface area (Å²) in [5.41, 5.74) is 2.02. The van der Waals surface area contributed by atoms with Gasteiger partial charge in [-0.3, -0.25) is 4.79 Å². The smallest absolute Gasteiger partial charge is 0.348 e. The van der Waals surface area contributed by atoms with Crippen molar-refractivity contribution in [3.05, 3.63) is 88.9 Å². The molecule has 0 saturated carbocycles. The maximum atomic E-state index is 13.6. The molecule has 0 fully saturated rings. The number of ether oxygens (including phenoxy) is 2. The summed E-state index contributed by atoms with van der Waals surface area (Å²) in [7, 11) is -2.81. The van der Waals surface area contributed by atoms with Gasteiger partial charge in [0, 0.05) is 11.6 Å². The highest BCUT2D eigenvalue weighted by Gasteiger charge is 2.36. The Morgan fingerprint density at radius 2 is 1.72 bits per heavy atom. The molecule has 8 nitrogen and oxygen atoms in total. The first-order valence-electron chi connectivity index (χ1n) is 11.1. The fourth-order valence-corrected chi connectivity index (χ4v) is 5.34. The van der Waals surface area contributed by atoms with Crippen LogP contribution in [0.25, 0.3) is 0 Å². The molecule has 4 rings (SSSR count). The predicted octanol–water partition coefficient (Wildman–Crippen LogP) is 3.81. The molecule has 188 valence electrons. The first-order valence-corrected chi connectivity index (χ1v) is 13.0. The molecule has 0 aliphatic carbocycles. The van der Waals surface area contributed by atoms with E-state index in [-0.39, 0.29) is 18.0 Å². The SMILES string of the molecule is COC(=O)[C@@H]1CN(C(=O)CN(Cc2ccc(Cl)cc2)S(=O)(=O)c2ccc(C)cc2)c2ccccc2O1. The lowest BCUT2D eigenvalue weighted by Gasteiger charge is -2.34. The van der Waals surface area contributed by atoms with E-state index in [1.165, 1.54) is 24.1 Å². The summed E-state index contributed by atoms with van der Waals surface area (Å²) in [4.78, 5) is 27.2. The molecule has 0 radical (unpaired) electrons. The number of rotatable bonds is 7. The van der Waals surface area contributed by atoms with E-state index in [9.17, 15) is 18.0 Å². The van der Waals surface area contributed by atoms with Gasteiger partial charge in [0.05, 0.1) is 30.8 Å². The van der Waals surface area contributed by atoms with Crippen LogP contribution in [-0.4, -0.2) is 50.9 Å². The van der Waals surface area contributed by atoms with E-state index in [0.29, 0.717) is 22.0 Å². The highest BCUT2D eigenvalue weighted by molar-refractivity contribution is 7.89. The van der Waals surface area contributed by atoms with Crippen molar-refractivity contribution < 1.29 is 27.5 Å². The van der Waals surface area contributed by atoms with Crippen LogP contribution in [0.1, 0.15) is 11.1 Å². The van der Waals surface area contributed by atoms with Gasteiger partial charge in [0.1, 0.15) is 5.75 Å². The number of hydrogen-bond donors (Lipinski definition) is 0. The number of hydrogen-bond acceptors (Lipinski definition) is 6. The summed E-state index contributed by atoms with van der Waals surface area (Å²) in [6.45, 7) is 1.24. The summed E-state index contributed by atoms with van der Waals surface area (Å²) in [6.07, 6.45) is -1.03. The lowest BCUT2D eigenvalue weighted by atomic mass is 10.2. The van der Waals surface area contributed by atoms with Crippen LogP contribution in [0.4, 0.5) is 5.69 Å². The number of halogens is 1. The van der Waals surface area contributed by atoms with E-state index in [0.717, 1.165) is 9.87 Å². The van der Waals surface area contributed by atoms with Gasteiger partial charge in [0.2, 0.25) is 22.0 Å². The number of fused-ring (bicyclic) bond motifs is 1. The Balaban J connectivity index is 1.68. The second-order valence-electron chi connectivity index (χ2n) is 8.31. The zero-order chi connectivity index (χ0) is 25.9. The number of nitrogens with zero attached hydrogens (tertiary/aromatic N) is 2. The first kappa shape index (κ1) is 25.7. The third kappa shape index (κ3) is 5.53. The van der Waals surface area contributed by atoms with Crippen LogP contribution in [0.2, 0.25) is 5.02 Å². The topological polar surface area (TPSA) is 93.2 Å². The molecule has 1 heterocycles. The highest BCUT2D eigenvalue weighted by atomic mass is 35.5. The maximum Gasteiger partial charge on any atom is 0.348 e. The molecular formula is C26H25ClN2O6S. The summed E-state index contributed by atoms with van der Waals surface area (Å²) in [6, 6.07) is 19.9. The van der Waals surface area contributed by atoms with Crippen molar-refractivity contribution in [3.63, 3.8) is 0 Å². The molecule has 10 heteroatoms. The van der Waals surface area contributed by atoms with Gasteiger partial charge < -0.3 is 14.4 Å². The molecule has 0 spiro atoms. The minimum atomic E-state index is -4.04. The largest absolute Gasteiger partial charge is 0.475 e. The van der Waals surface area contributed by atoms with Crippen molar-refractivity contribution in [2.75, 3.05) is 25.1 Å². The molecule has 0 unspecified atom stereocenters. The third-order valence-electron chi connectivity index (χ3n) is 5.78. The Morgan fingerprint density at radius 1 is 1.06 bits per heavy atom. The fraction of sp³-hybridized carbons (Fsp3) is 0.231. The summed E-state index contributed by atoms with van der Waals surface area (Å²) in [5, 5.41) is 0.515. The number of carbonyl (C=O) groups is 2. The van der Waals surface area contributed by atoms with Crippen LogP contribution < -0.4 is 9.64 Å². The quantitative estimate of drug-likeness (QED) is 0.433. The number of aryl methyl sites for hydroxylation is 1. The Hall–Kier alpha value is -3.40. The molecule has 1 aliphatic heterocycles. The number of para-hydroxylation sites is 2. The van der Waals surface area contributed by atoms with Gasteiger partial charge in [0.15, 0.2) is 0 Å². The summed E-state index contributed by atoms with van der Waals surface area (Å²) >= 11 is 5.99. The number of anilines is 1. The second-order valence-corrected chi connectivity index (χ2v) is 10.7. The van der Waals surface area contributed by atoms with E-state index in [1.54, 1.807) is 60.7 Å². The molecule has 3 aromatic rings. The molecule has 1 atom stereocenters. The van der Waals surface area contributed by atoms with Crippen LogP contribution in [0.3, 0.4) is 0 Å². The van der Waals surface area contributed by atoms with Crippen molar-refractivity contribution in [2.24, 2.45) is 0 Å². The Bertz CT molecular complexity index is 1360. The Labute approximate surface area is 215 Å². The molecule has 0 aromatic heterocycles. The third-order valence-corrected chi connectivity index (χ3v) is 7.84. The van der Waals surface area contributed by atoms with Crippen molar-refractivity contribution in [1.29, 1.82) is 0 Å². The summed E-state index contributed by atoms with van der Waals surface area (Å²) < 4.78 is 38.9. The number of methoxy groups -OCH3 is 1. The van der Waals surface area contributed by atoms with Crippen LogP contribution in [-0.2, 0) is 30.9 Å². The van der Waals surface area contributed by atoms with Crippen LogP contribution >= 0.6 is 11.6 Å². The molecule has 0 bridgehead atoms. The van der Waals surface area contributed by atoms with Gasteiger partial charge in [-0.25, -0.2) is 13.2 Å². The number of amides is 1. The van der Waals surface area contributed by atoms with Gasteiger partial charge in [-0.1, -0.05) is 53.6 Å². The van der Waals surface area contributed by atoms with Crippen molar-refractivity contribution in [1.82, 2.24) is 4.31 Å². The Morgan fingerprint density at radius 3 is 2.39 bits per heavy atom. The normalized spacial score (nSPS) is 15.2. The average Bonchev–Trinajstić information content (AvgIpc) is 2.88. The molecule has 0 N–H and O–H groups in total. The minimum Gasteiger partial charge on any atom is -0.475 e. The molecule has 1 aliphatic rings. The first-order chi connectivity index (χ1) is 17.2. The molecule has 1 amide bonds. The van der Waals surface area contributed by atoms with Crippen LogP contribution in [0.5, 0.6) is 5.75 Å². The number of sulfonamides is 1. The van der Waals surface area contributed by atoms with E-state index >= 15 is 0 Å². The molecule has 3 aromatic carbocycles. The average molecular weight is 529 g/mol. The lowest BCUT2D eigenvalue weighted by Crippen LogP contribution is -2.50. The zero-order valence-corrected chi connectivity index (χ0v) is 21.3. The van der Waals surface area contributed by atoms with Gasteiger partial charge >= 0.3 is 5.97 Å². The highest BCUT2D eigenvalue weighted by Crippen LogP contribution is 2.34. The number of esters is 1.